The summed E-state index contributed by atoms with van der Waals surface area (Å²) in [6, 6.07) is 60.6. The van der Waals surface area contributed by atoms with Gasteiger partial charge in [0.1, 0.15) is 17.4 Å². The van der Waals surface area contributed by atoms with Crippen LogP contribution in [0.1, 0.15) is 5.56 Å². The maximum Gasteiger partial charge on any atom is 0.139 e. The molecule has 0 spiro atoms. The molecule has 0 radical (unpaired) electrons. The smallest absolute Gasteiger partial charge is 0.139 e. The fourth-order valence-electron chi connectivity index (χ4n) is 8.43. The first kappa shape index (κ1) is 38.1. The van der Waals surface area contributed by atoms with E-state index in [0.717, 1.165) is 106 Å². The van der Waals surface area contributed by atoms with E-state index in [4.69, 9.17) is 0 Å². The summed E-state index contributed by atoms with van der Waals surface area (Å²) in [5, 5.41) is 10.4. The second kappa shape index (κ2) is 16.2. The number of imidazole rings is 2. The van der Waals surface area contributed by atoms with Crippen LogP contribution in [0.25, 0.3) is 101 Å². The fourth-order valence-corrected chi connectivity index (χ4v) is 8.43. The van der Waals surface area contributed by atoms with Crippen molar-refractivity contribution in [3.05, 3.63) is 206 Å². The first-order valence-electron chi connectivity index (χ1n) is 20.7. The number of rotatable bonds is 9. The van der Waals surface area contributed by atoms with Gasteiger partial charge in [-0.1, -0.05) is 146 Å². The SMILES string of the molecule is Cc1cnc(-c2ccc(-c3ccccc3-c3cc(-c4ccccc4-c4ccc(-c5nccn5C)cc4)cc(-c4ccccc4-c4ccc(-c5nccn5C)cc4)c3)cc2)cc1O. The monoisotopic (exact) mass is 801 g/mol. The molecule has 7 aromatic carbocycles. The minimum Gasteiger partial charge on any atom is -0.508 e. The highest BCUT2D eigenvalue weighted by Gasteiger charge is 2.17. The molecule has 0 aliphatic heterocycles. The molecule has 62 heavy (non-hydrogen) atoms. The van der Waals surface area contributed by atoms with E-state index >= 15 is 0 Å². The third-order valence-electron chi connectivity index (χ3n) is 11.8. The standard InChI is InChI=1S/C56H43N5O/c1-37-36-59-53(35-54(37)62)41-22-16-38(17-23-41)47-10-4-7-13-50(47)44-32-45(51-14-8-5-11-48(51)39-18-24-42(25-19-39)55-57-28-30-60(55)2)34-46(33-44)52-15-9-6-12-49(52)40-20-26-43(27-21-40)56-58-29-31-61(56)3/h4-36H,1-3H3,(H,59,62). The third-order valence-corrected chi connectivity index (χ3v) is 11.8. The number of aryl methyl sites for hydroxylation is 3. The number of hydrogen-bond donors (Lipinski definition) is 1. The summed E-state index contributed by atoms with van der Waals surface area (Å²) >= 11 is 0. The van der Waals surface area contributed by atoms with Crippen LogP contribution in [-0.2, 0) is 14.1 Å². The zero-order valence-corrected chi connectivity index (χ0v) is 34.7. The Hall–Kier alpha value is -8.09. The molecule has 3 heterocycles. The van der Waals surface area contributed by atoms with Crippen molar-refractivity contribution in [2.24, 2.45) is 14.1 Å². The highest BCUT2D eigenvalue weighted by Crippen LogP contribution is 2.43. The second-order valence-corrected chi connectivity index (χ2v) is 15.7. The van der Waals surface area contributed by atoms with E-state index < -0.39 is 0 Å². The highest BCUT2D eigenvalue weighted by atomic mass is 16.3. The molecule has 0 fully saturated rings. The van der Waals surface area contributed by atoms with Gasteiger partial charge in [0.25, 0.3) is 0 Å². The Labute approximate surface area is 361 Å². The molecule has 0 saturated heterocycles. The van der Waals surface area contributed by atoms with Gasteiger partial charge in [0.15, 0.2) is 0 Å². The Balaban J connectivity index is 1.11. The van der Waals surface area contributed by atoms with E-state index in [9.17, 15) is 5.11 Å². The molecule has 0 atom stereocenters. The van der Waals surface area contributed by atoms with Crippen LogP contribution >= 0.6 is 0 Å². The van der Waals surface area contributed by atoms with Gasteiger partial charge in [0.2, 0.25) is 0 Å². The molecule has 0 amide bonds. The topological polar surface area (TPSA) is 68.8 Å². The van der Waals surface area contributed by atoms with Gasteiger partial charge in [-0.25, -0.2) is 9.97 Å². The molecule has 6 heteroatoms. The van der Waals surface area contributed by atoms with E-state index in [0.29, 0.717) is 0 Å². The van der Waals surface area contributed by atoms with Gasteiger partial charge >= 0.3 is 0 Å². The zero-order valence-electron chi connectivity index (χ0n) is 34.7. The van der Waals surface area contributed by atoms with Crippen molar-refractivity contribution in [2.45, 2.75) is 6.92 Å². The molecule has 3 aromatic heterocycles. The number of aromatic nitrogens is 5. The minimum atomic E-state index is 0.242. The molecule has 10 aromatic rings. The van der Waals surface area contributed by atoms with Crippen molar-refractivity contribution < 1.29 is 5.11 Å². The highest BCUT2D eigenvalue weighted by molar-refractivity contribution is 5.94. The maximum absolute atomic E-state index is 10.4. The summed E-state index contributed by atoms with van der Waals surface area (Å²) in [5.41, 5.74) is 18.1. The van der Waals surface area contributed by atoms with Crippen LogP contribution in [0.15, 0.2) is 201 Å². The van der Waals surface area contributed by atoms with Gasteiger partial charge in [-0.3, -0.25) is 4.98 Å². The van der Waals surface area contributed by atoms with Crippen molar-refractivity contribution in [3.8, 4) is 107 Å². The van der Waals surface area contributed by atoms with E-state index in [1.54, 1.807) is 12.3 Å². The number of benzene rings is 7. The van der Waals surface area contributed by atoms with Gasteiger partial charge in [-0.05, 0) is 91.9 Å². The Kier molecular flexibility index (Phi) is 9.94. The van der Waals surface area contributed by atoms with Crippen molar-refractivity contribution in [1.29, 1.82) is 0 Å². The molecule has 1 N–H and O–H groups in total. The van der Waals surface area contributed by atoms with Crippen LogP contribution in [0, 0.1) is 6.92 Å². The molecule has 0 unspecified atom stereocenters. The first-order chi connectivity index (χ1) is 30.4. The zero-order chi connectivity index (χ0) is 42.2. The lowest BCUT2D eigenvalue weighted by Crippen LogP contribution is -1.93. The third kappa shape index (κ3) is 7.28. The minimum absolute atomic E-state index is 0.242. The lowest BCUT2D eigenvalue weighted by Gasteiger charge is -2.18. The Morgan fingerprint density at radius 3 is 1.02 bits per heavy atom. The summed E-state index contributed by atoms with van der Waals surface area (Å²) in [4.78, 5) is 13.7. The van der Waals surface area contributed by atoms with E-state index in [-0.39, 0.29) is 5.75 Å². The molecular weight excluding hydrogens is 759 g/mol. The largest absolute Gasteiger partial charge is 0.508 e. The fraction of sp³-hybridized carbons (Fsp3) is 0.0536. The number of hydrogen-bond acceptors (Lipinski definition) is 4. The molecule has 0 saturated carbocycles. The molecule has 0 aliphatic rings. The number of aromatic hydroxyl groups is 1. The molecule has 0 bridgehead atoms. The number of nitrogens with zero attached hydrogens (tertiary/aromatic N) is 5. The van der Waals surface area contributed by atoms with Gasteiger partial charge in [-0.15, -0.1) is 0 Å². The average Bonchev–Trinajstić information content (AvgIpc) is 3.97. The van der Waals surface area contributed by atoms with Crippen LogP contribution in [0.3, 0.4) is 0 Å². The maximum atomic E-state index is 10.4. The van der Waals surface area contributed by atoms with Gasteiger partial charge in [0.05, 0.1) is 5.69 Å². The molecule has 0 aliphatic carbocycles. The molecule has 6 nitrogen and oxygen atoms in total. The van der Waals surface area contributed by atoms with Crippen molar-refractivity contribution in [2.75, 3.05) is 0 Å². The second-order valence-electron chi connectivity index (χ2n) is 15.7. The van der Waals surface area contributed by atoms with E-state index in [2.05, 4.69) is 179 Å². The van der Waals surface area contributed by atoms with Crippen LogP contribution in [0.4, 0.5) is 0 Å². The summed E-state index contributed by atoms with van der Waals surface area (Å²) in [5.74, 6) is 2.11. The van der Waals surface area contributed by atoms with Gasteiger partial charge < -0.3 is 14.2 Å². The molecule has 298 valence electrons. The predicted octanol–water partition coefficient (Wildman–Crippen LogP) is 13.6. The summed E-state index contributed by atoms with van der Waals surface area (Å²) in [6.45, 7) is 1.85. The van der Waals surface area contributed by atoms with Crippen molar-refractivity contribution in [1.82, 2.24) is 24.1 Å². The van der Waals surface area contributed by atoms with Crippen molar-refractivity contribution >= 4 is 0 Å². The molecular formula is C56H43N5O. The summed E-state index contributed by atoms with van der Waals surface area (Å²) in [6.07, 6.45) is 9.33. The molecule has 10 rings (SSSR count). The lowest BCUT2D eigenvalue weighted by atomic mass is 9.86. The number of pyridine rings is 1. The van der Waals surface area contributed by atoms with Crippen LogP contribution in [-0.4, -0.2) is 29.2 Å². The van der Waals surface area contributed by atoms with Crippen LogP contribution in [0.2, 0.25) is 0 Å². The van der Waals surface area contributed by atoms with Crippen LogP contribution < -0.4 is 0 Å². The first-order valence-corrected chi connectivity index (χ1v) is 20.7. The van der Waals surface area contributed by atoms with Crippen LogP contribution in [0.5, 0.6) is 5.75 Å². The van der Waals surface area contributed by atoms with Crippen molar-refractivity contribution in [3.63, 3.8) is 0 Å². The van der Waals surface area contributed by atoms with E-state index in [1.807, 2.05) is 54.9 Å². The Morgan fingerprint density at radius 1 is 0.371 bits per heavy atom. The summed E-state index contributed by atoms with van der Waals surface area (Å²) < 4.78 is 4.09. The quantitative estimate of drug-likeness (QED) is 0.158. The summed E-state index contributed by atoms with van der Waals surface area (Å²) in [7, 11) is 4.04. The Bertz CT molecular complexity index is 3070. The van der Waals surface area contributed by atoms with Gasteiger partial charge in [0, 0.05) is 73.4 Å². The predicted molar refractivity (Wildman–Crippen MR) is 253 cm³/mol. The lowest BCUT2D eigenvalue weighted by molar-refractivity contribution is 0.470. The average molecular weight is 802 g/mol. The van der Waals surface area contributed by atoms with Gasteiger partial charge in [-0.2, -0.15) is 0 Å². The normalized spacial score (nSPS) is 11.2. The Morgan fingerprint density at radius 2 is 0.694 bits per heavy atom. The van der Waals surface area contributed by atoms with E-state index in [1.165, 1.54) is 0 Å².